The van der Waals surface area contributed by atoms with E-state index in [0.29, 0.717) is 17.8 Å². The molecule has 0 aromatic carbocycles. The van der Waals surface area contributed by atoms with Crippen LogP contribution in [0.25, 0.3) is 0 Å². The fourth-order valence-electron chi connectivity index (χ4n) is 3.37. The van der Waals surface area contributed by atoms with E-state index in [4.69, 9.17) is 0 Å². The van der Waals surface area contributed by atoms with Gasteiger partial charge in [-0.1, -0.05) is 12.2 Å². The molecule has 5 heteroatoms. The van der Waals surface area contributed by atoms with Crippen LogP contribution >= 0.6 is 0 Å². The molecule has 1 fully saturated rings. The van der Waals surface area contributed by atoms with E-state index in [1.807, 2.05) is 0 Å². The topological polar surface area (TPSA) is 56.1 Å². The van der Waals surface area contributed by atoms with Gasteiger partial charge in [0.2, 0.25) is 0 Å². The quantitative estimate of drug-likeness (QED) is 0.777. The Morgan fingerprint density at radius 2 is 2.14 bits per heavy atom. The van der Waals surface area contributed by atoms with E-state index in [-0.39, 0.29) is 0 Å². The molecular weight excluding hydrogens is 262 g/mol. The highest BCUT2D eigenvalue weighted by Crippen LogP contribution is 2.24. The van der Waals surface area contributed by atoms with Crippen LogP contribution in [-0.2, 0) is 0 Å². The van der Waals surface area contributed by atoms with Crippen molar-refractivity contribution in [3.05, 3.63) is 30.2 Å². The molecule has 2 heterocycles. The Hall–Kier alpha value is -1.93. The van der Waals surface area contributed by atoms with Crippen molar-refractivity contribution in [2.24, 2.45) is 0 Å². The molecule has 2 atom stereocenters. The lowest BCUT2D eigenvalue weighted by atomic mass is 9.99. The summed E-state index contributed by atoms with van der Waals surface area (Å²) in [7, 11) is 0. The molecule has 0 spiro atoms. The Morgan fingerprint density at radius 1 is 1.29 bits per heavy atom. The molecule has 0 saturated carbocycles. The predicted molar refractivity (Wildman–Crippen MR) is 81.9 cm³/mol. The summed E-state index contributed by atoms with van der Waals surface area (Å²) in [5.74, 6) is 0.727. The van der Waals surface area contributed by atoms with Crippen molar-refractivity contribution in [3.63, 3.8) is 0 Å². The average molecular weight is 283 g/mol. The second-order valence-corrected chi connectivity index (χ2v) is 5.80. The Balaban J connectivity index is 1.72. The number of piperazine rings is 1. The summed E-state index contributed by atoms with van der Waals surface area (Å²) < 4.78 is 0. The van der Waals surface area contributed by atoms with Crippen LogP contribution in [0.5, 0.6) is 0 Å². The van der Waals surface area contributed by atoms with E-state index in [1.165, 1.54) is 19.3 Å². The maximum Gasteiger partial charge on any atom is 0.183 e. The average Bonchev–Trinajstić information content (AvgIpc) is 2.55. The molecule has 3 rings (SSSR count). The number of allylic oxidation sites excluding steroid dienone is 1. The van der Waals surface area contributed by atoms with Gasteiger partial charge >= 0.3 is 0 Å². The van der Waals surface area contributed by atoms with Crippen molar-refractivity contribution < 1.29 is 0 Å². The first-order valence-electron chi connectivity index (χ1n) is 7.68. The molecule has 1 aromatic heterocycles. The summed E-state index contributed by atoms with van der Waals surface area (Å²) in [6.45, 7) is 5.08. The molecule has 2 aliphatic rings. The second-order valence-electron chi connectivity index (χ2n) is 5.80. The molecule has 1 aliphatic heterocycles. The lowest BCUT2D eigenvalue weighted by molar-refractivity contribution is 0.143. The minimum atomic E-state index is 0.427. The van der Waals surface area contributed by atoms with Crippen molar-refractivity contribution in [3.8, 4) is 6.07 Å². The van der Waals surface area contributed by atoms with Gasteiger partial charge in [-0.3, -0.25) is 4.90 Å². The maximum atomic E-state index is 9.17. The van der Waals surface area contributed by atoms with Gasteiger partial charge in [-0.2, -0.15) is 5.26 Å². The van der Waals surface area contributed by atoms with Crippen LogP contribution in [0.2, 0.25) is 0 Å². The van der Waals surface area contributed by atoms with Crippen molar-refractivity contribution >= 4 is 5.82 Å². The third-order valence-electron chi connectivity index (χ3n) is 4.42. The molecule has 110 valence electrons. The highest BCUT2D eigenvalue weighted by molar-refractivity contribution is 5.50. The third-order valence-corrected chi connectivity index (χ3v) is 4.42. The Kier molecular flexibility index (Phi) is 4.16. The zero-order valence-corrected chi connectivity index (χ0v) is 12.4. The molecule has 1 aromatic rings. The molecule has 0 unspecified atom stereocenters. The number of hydrogen-bond donors (Lipinski definition) is 0. The number of hydrogen-bond acceptors (Lipinski definition) is 5. The van der Waals surface area contributed by atoms with Gasteiger partial charge in [0.25, 0.3) is 0 Å². The highest BCUT2D eigenvalue weighted by Gasteiger charge is 2.30. The number of nitriles is 1. The smallest absolute Gasteiger partial charge is 0.183 e. The first-order valence-corrected chi connectivity index (χ1v) is 7.68. The summed E-state index contributed by atoms with van der Waals surface area (Å²) in [5, 5.41) is 9.17. The Morgan fingerprint density at radius 3 is 2.86 bits per heavy atom. The van der Waals surface area contributed by atoms with Crippen LogP contribution < -0.4 is 4.90 Å². The number of aromatic nitrogens is 2. The van der Waals surface area contributed by atoms with Crippen molar-refractivity contribution in [2.45, 2.75) is 38.3 Å². The normalized spacial score (nSPS) is 26.6. The molecule has 0 radical (unpaired) electrons. The maximum absolute atomic E-state index is 9.17. The van der Waals surface area contributed by atoms with Crippen molar-refractivity contribution in [1.82, 2.24) is 14.9 Å². The minimum absolute atomic E-state index is 0.427. The van der Waals surface area contributed by atoms with Crippen LogP contribution in [0.1, 0.15) is 31.9 Å². The summed E-state index contributed by atoms with van der Waals surface area (Å²) >= 11 is 0. The molecule has 0 N–H and O–H groups in total. The van der Waals surface area contributed by atoms with Crippen LogP contribution in [0.15, 0.2) is 24.5 Å². The second kappa shape index (κ2) is 6.23. The minimum Gasteiger partial charge on any atom is -0.351 e. The summed E-state index contributed by atoms with van der Waals surface area (Å²) in [6.07, 6.45) is 11.7. The summed E-state index contributed by atoms with van der Waals surface area (Å²) in [4.78, 5) is 13.2. The van der Waals surface area contributed by atoms with Gasteiger partial charge in [0.15, 0.2) is 11.5 Å². The molecule has 5 nitrogen and oxygen atoms in total. The first-order chi connectivity index (χ1) is 10.3. The third kappa shape index (κ3) is 2.91. The van der Waals surface area contributed by atoms with Crippen LogP contribution in [0.3, 0.4) is 0 Å². The van der Waals surface area contributed by atoms with E-state index < -0.39 is 0 Å². The SMILES string of the molecule is C[C@@H]1CN(c2nccnc2C#N)CCN1[C@H]1C=CCCC1. The Labute approximate surface area is 125 Å². The molecule has 1 aliphatic carbocycles. The monoisotopic (exact) mass is 283 g/mol. The largest absolute Gasteiger partial charge is 0.351 e. The molecule has 1 saturated heterocycles. The summed E-state index contributed by atoms with van der Waals surface area (Å²) in [5.41, 5.74) is 0.427. The van der Waals surface area contributed by atoms with Gasteiger partial charge < -0.3 is 4.90 Å². The van der Waals surface area contributed by atoms with Gasteiger partial charge in [-0.05, 0) is 26.2 Å². The number of rotatable bonds is 2. The van der Waals surface area contributed by atoms with Crippen molar-refractivity contribution in [2.75, 3.05) is 24.5 Å². The molecular formula is C16H21N5. The standard InChI is InChI=1S/C16H21N5/c1-13-12-20(16-15(11-17)18-7-8-19-16)9-10-21(13)14-5-3-2-4-6-14/h3,5,7-8,13-14H,2,4,6,9-10,12H2,1H3/t13-,14+/m1/s1. The fraction of sp³-hybridized carbons (Fsp3) is 0.562. The molecule has 0 amide bonds. The molecule has 21 heavy (non-hydrogen) atoms. The van der Waals surface area contributed by atoms with E-state index >= 15 is 0 Å². The predicted octanol–water partition coefficient (Wildman–Crippen LogP) is 1.97. The van der Waals surface area contributed by atoms with E-state index in [9.17, 15) is 5.26 Å². The van der Waals surface area contributed by atoms with Gasteiger partial charge in [-0.15, -0.1) is 0 Å². The van der Waals surface area contributed by atoms with Gasteiger partial charge in [0, 0.05) is 44.1 Å². The van der Waals surface area contributed by atoms with Crippen molar-refractivity contribution in [1.29, 1.82) is 5.26 Å². The number of anilines is 1. The van der Waals surface area contributed by atoms with Gasteiger partial charge in [0.1, 0.15) is 6.07 Å². The zero-order valence-electron chi connectivity index (χ0n) is 12.4. The van der Waals surface area contributed by atoms with Crippen LogP contribution in [0.4, 0.5) is 5.82 Å². The first kappa shape index (κ1) is 14.0. The Bertz CT molecular complexity index is 562. The van der Waals surface area contributed by atoms with Crippen LogP contribution in [-0.4, -0.2) is 46.6 Å². The van der Waals surface area contributed by atoms with Gasteiger partial charge in [-0.25, -0.2) is 9.97 Å². The number of nitrogens with zero attached hydrogens (tertiary/aromatic N) is 5. The van der Waals surface area contributed by atoms with E-state index in [1.54, 1.807) is 12.4 Å². The lowest BCUT2D eigenvalue weighted by Gasteiger charge is -2.44. The van der Waals surface area contributed by atoms with Gasteiger partial charge in [0.05, 0.1) is 0 Å². The van der Waals surface area contributed by atoms with E-state index in [0.717, 1.165) is 25.5 Å². The summed E-state index contributed by atoms with van der Waals surface area (Å²) in [6, 6.07) is 3.18. The lowest BCUT2D eigenvalue weighted by Crippen LogP contribution is -2.55. The fourth-order valence-corrected chi connectivity index (χ4v) is 3.37. The van der Waals surface area contributed by atoms with E-state index in [2.05, 4.69) is 44.9 Å². The highest BCUT2D eigenvalue weighted by atomic mass is 15.3. The zero-order chi connectivity index (χ0) is 14.7. The van der Waals surface area contributed by atoms with Crippen LogP contribution in [0, 0.1) is 11.3 Å². The molecule has 0 bridgehead atoms.